The van der Waals surface area contributed by atoms with Crippen LogP contribution in [-0.4, -0.2) is 81.8 Å². The van der Waals surface area contributed by atoms with Gasteiger partial charge in [0.1, 0.15) is 11.7 Å². The first-order valence-electron chi connectivity index (χ1n) is 11.2. The zero-order chi connectivity index (χ0) is 22.6. The third kappa shape index (κ3) is 3.36. The fourth-order valence-electron chi connectivity index (χ4n) is 4.86. The van der Waals surface area contributed by atoms with E-state index in [1.54, 1.807) is 6.20 Å². The molecule has 1 fully saturated rings. The number of benzene rings is 1. The molecule has 1 saturated heterocycles. The molecule has 9 nitrogen and oxygen atoms in total. The van der Waals surface area contributed by atoms with E-state index in [1.807, 2.05) is 36.8 Å². The third-order valence-electron chi connectivity index (χ3n) is 6.79. The van der Waals surface area contributed by atoms with Crippen molar-refractivity contribution in [3.8, 4) is 11.1 Å². The summed E-state index contributed by atoms with van der Waals surface area (Å²) in [5.41, 5.74) is 11.1. The molecule has 5 heterocycles. The van der Waals surface area contributed by atoms with Gasteiger partial charge in [-0.25, -0.2) is 0 Å². The summed E-state index contributed by atoms with van der Waals surface area (Å²) in [5, 5.41) is 12.4. The summed E-state index contributed by atoms with van der Waals surface area (Å²) in [7, 11) is 2.17. The Morgan fingerprint density at radius 1 is 1.09 bits per heavy atom. The van der Waals surface area contributed by atoms with Crippen LogP contribution in [0, 0.1) is 0 Å². The standard InChI is InChI=1S/C24H27N9/c1-24-14-27-13-20(33-7-5-32(2)6-8-33)22(24)28-23(29-24)21-18-10-15(3-4-19(18)30-31-21)16-9-17(25)12-26-11-16/h3-4,9-14,22H,5-8,25H2,1-2H3,(H,28,29)(H,30,31). The highest BCUT2D eigenvalue weighted by Gasteiger charge is 2.45. The maximum Gasteiger partial charge on any atom is 0.151 e. The van der Waals surface area contributed by atoms with E-state index in [-0.39, 0.29) is 11.6 Å². The van der Waals surface area contributed by atoms with Gasteiger partial charge in [-0.2, -0.15) is 5.10 Å². The highest BCUT2D eigenvalue weighted by molar-refractivity contribution is 6.11. The van der Waals surface area contributed by atoms with Gasteiger partial charge in [-0.3, -0.25) is 20.1 Å². The lowest BCUT2D eigenvalue weighted by Crippen LogP contribution is -2.55. The highest BCUT2D eigenvalue weighted by atomic mass is 15.3. The fourth-order valence-corrected chi connectivity index (χ4v) is 4.86. The van der Waals surface area contributed by atoms with E-state index in [4.69, 9.17) is 10.7 Å². The maximum atomic E-state index is 5.95. The Labute approximate surface area is 192 Å². The third-order valence-corrected chi connectivity index (χ3v) is 6.79. The summed E-state index contributed by atoms with van der Waals surface area (Å²) in [4.78, 5) is 18.7. The van der Waals surface area contributed by atoms with Crippen LogP contribution in [0.4, 0.5) is 5.69 Å². The van der Waals surface area contributed by atoms with Crippen molar-refractivity contribution in [3.05, 3.63) is 54.3 Å². The second-order valence-corrected chi connectivity index (χ2v) is 9.25. The number of hydrogen-bond donors (Lipinski definition) is 3. The van der Waals surface area contributed by atoms with Crippen LogP contribution in [0.5, 0.6) is 0 Å². The van der Waals surface area contributed by atoms with Gasteiger partial charge < -0.3 is 20.9 Å². The number of aromatic amines is 1. The molecule has 2 aromatic heterocycles. The molecule has 0 spiro atoms. The normalized spacial score (nSPS) is 25.0. The Morgan fingerprint density at radius 2 is 1.94 bits per heavy atom. The van der Waals surface area contributed by atoms with Gasteiger partial charge in [0.2, 0.25) is 0 Å². The second kappa shape index (κ2) is 7.41. The number of rotatable bonds is 3. The first-order valence-corrected chi connectivity index (χ1v) is 11.2. The molecular formula is C24H27N9. The van der Waals surface area contributed by atoms with E-state index in [1.165, 1.54) is 5.70 Å². The number of hydrogen-bond acceptors (Lipinski definition) is 8. The van der Waals surface area contributed by atoms with Crippen LogP contribution in [0.2, 0.25) is 0 Å². The number of piperazine rings is 1. The molecule has 6 rings (SSSR count). The van der Waals surface area contributed by atoms with Crippen molar-refractivity contribution in [1.29, 1.82) is 0 Å². The summed E-state index contributed by atoms with van der Waals surface area (Å²) in [6, 6.07) is 8.09. The molecule has 2 unspecified atom stereocenters. The van der Waals surface area contributed by atoms with Crippen molar-refractivity contribution < 1.29 is 0 Å². The van der Waals surface area contributed by atoms with Gasteiger partial charge in [-0.15, -0.1) is 0 Å². The Bertz CT molecular complexity index is 1310. The molecule has 4 N–H and O–H groups in total. The molecule has 168 valence electrons. The largest absolute Gasteiger partial charge is 0.397 e. The van der Waals surface area contributed by atoms with E-state index in [0.717, 1.165) is 59.7 Å². The maximum absolute atomic E-state index is 5.95. The number of fused-ring (bicyclic) bond motifs is 2. The van der Waals surface area contributed by atoms with E-state index in [9.17, 15) is 0 Å². The van der Waals surface area contributed by atoms with Crippen molar-refractivity contribution in [2.45, 2.75) is 18.5 Å². The molecule has 3 aromatic rings. The topological polar surface area (TPSA) is 111 Å². The number of likely N-dealkylation sites (N-methyl/N-ethyl adjacent to an activating group) is 1. The number of pyridine rings is 1. The summed E-state index contributed by atoms with van der Waals surface area (Å²) in [5.74, 6) is 0.782. The lowest BCUT2D eigenvalue weighted by molar-refractivity contribution is 0.175. The minimum atomic E-state index is -0.385. The van der Waals surface area contributed by atoms with E-state index >= 15 is 0 Å². The molecule has 0 radical (unpaired) electrons. The number of anilines is 1. The zero-order valence-electron chi connectivity index (χ0n) is 18.8. The Morgan fingerprint density at radius 3 is 2.76 bits per heavy atom. The van der Waals surface area contributed by atoms with Crippen LogP contribution < -0.4 is 11.1 Å². The van der Waals surface area contributed by atoms with E-state index in [0.29, 0.717) is 5.69 Å². The lowest BCUT2D eigenvalue weighted by atomic mass is 9.90. The van der Waals surface area contributed by atoms with Crippen molar-refractivity contribution in [3.63, 3.8) is 0 Å². The van der Waals surface area contributed by atoms with E-state index < -0.39 is 0 Å². The Hall–Kier alpha value is -3.72. The number of aromatic nitrogens is 3. The number of aliphatic imine (C=N–C) groups is 2. The molecule has 0 aliphatic carbocycles. The lowest BCUT2D eigenvalue weighted by Gasteiger charge is -2.40. The number of nitrogens with zero attached hydrogens (tertiary/aromatic N) is 6. The average molecular weight is 442 g/mol. The summed E-state index contributed by atoms with van der Waals surface area (Å²) in [6.45, 7) is 6.20. The summed E-state index contributed by atoms with van der Waals surface area (Å²) < 4.78 is 0. The molecule has 0 saturated carbocycles. The summed E-state index contributed by atoms with van der Waals surface area (Å²) >= 11 is 0. The van der Waals surface area contributed by atoms with Gasteiger partial charge in [0.15, 0.2) is 5.84 Å². The number of amidine groups is 1. The number of H-pyrrole nitrogens is 1. The smallest absolute Gasteiger partial charge is 0.151 e. The average Bonchev–Trinajstić information content (AvgIpc) is 3.39. The van der Waals surface area contributed by atoms with Gasteiger partial charge >= 0.3 is 0 Å². The van der Waals surface area contributed by atoms with Crippen molar-refractivity contribution in [2.24, 2.45) is 9.98 Å². The first kappa shape index (κ1) is 19.9. The van der Waals surface area contributed by atoms with Crippen molar-refractivity contribution >= 4 is 28.6 Å². The van der Waals surface area contributed by atoms with Crippen LogP contribution in [-0.2, 0) is 0 Å². The number of nitrogens with one attached hydrogen (secondary N) is 2. The minimum Gasteiger partial charge on any atom is -0.397 e. The molecule has 33 heavy (non-hydrogen) atoms. The molecule has 1 aromatic carbocycles. The van der Waals surface area contributed by atoms with Crippen LogP contribution in [0.1, 0.15) is 12.6 Å². The summed E-state index contributed by atoms with van der Waals surface area (Å²) in [6.07, 6.45) is 7.41. The molecule has 0 bridgehead atoms. The fraction of sp³-hybridized carbons (Fsp3) is 0.333. The van der Waals surface area contributed by atoms with E-state index in [2.05, 4.69) is 55.3 Å². The van der Waals surface area contributed by atoms with Crippen LogP contribution in [0.3, 0.4) is 0 Å². The van der Waals surface area contributed by atoms with Gasteiger partial charge in [-0.1, -0.05) is 6.07 Å². The second-order valence-electron chi connectivity index (χ2n) is 9.25. The Balaban J connectivity index is 1.37. The predicted octanol–water partition coefficient (Wildman–Crippen LogP) is 1.86. The Kier molecular flexibility index (Phi) is 4.48. The monoisotopic (exact) mass is 441 g/mol. The van der Waals surface area contributed by atoms with Crippen molar-refractivity contribution in [1.82, 2.24) is 30.3 Å². The zero-order valence-corrected chi connectivity index (χ0v) is 18.8. The molecule has 9 heteroatoms. The number of nitrogens with two attached hydrogens (primary N) is 1. The van der Waals surface area contributed by atoms with Gasteiger partial charge in [0.25, 0.3) is 0 Å². The molecule has 0 amide bonds. The quantitative estimate of drug-likeness (QED) is 0.572. The molecule has 3 aliphatic rings. The minimum absolute atomic E-state index is 0.0403. The van der Waals surface area contributed by atoms with Crippen molar-refractivity contribution in [2.75, 3.05) is 39.0 Å². The van der Waals surface area contributed by atoms with Gasteiger partial charge in [-0.05, 0) is 37.7 Å². The van der Waals surface area contributed by atoms with Crippen LogP contribution in [0.15, 0.2) is 58.5 Å². The van der Waals surface area contributed by atoms with Gasteiger partial charge in [0, 0.05) is 61.9 Å². The SMILES string of the molecule is CN1CCN(C2=CN=CC3(C)NC(c4n[nH]c5ccc(-c6cncc(N)c6)cc45)=NC23)CC1. The van der Waals surface area contributed by atoms with Gasteiger partial charge in [0.05, 0.1) is 22.4 Å². The van der Waals surface area contributed by atoms with Crippen LogP contribution in [0.25, 0.3) is 22.0 Å². The molecular weight excluding hydrogens is 414 g/mol. The molecule has 2 atom stereocenters. The van der Waals surface area contributed by atoms with Crippen LogP contribution >= 0.6 is 0 Å². The molecule has 3 aliphatic heterocycles. The highest BCUT2D eigenvalue weighted by Crippen LogP contribution is 2.33. The number of nitrogen functional groups attached to an aromatic ring is 1. The predicted molar refractivity (Wildman–Crippen MR) is 131 cm³/mol. The first-order chi connectivity index (χ1) is 16.0.